The van der Waals surface area contributed by atoms with Crippen LogP contribution in [0.2, 0.25) is 0 Å². The van der Waals surface area contributed by atoms with Crippen LogP contribution in [0.1, 0.15) is 11.1 Å². The van der Waals surface area contributed by atoms with Crippen molar-refractivity contribution in [1.29, 1.82) is 5.26 Å². The summed E-state index contributed by atoms with van der Waals surface area (Å²) in [5, 5.41) is 17.7. The van der Waals surface area contributed by atoms with Crippen molar-refractivity contribution in [2.45, 2.75) is 5.97 Å². The summed E-state index contributed by atoms with van der Waals surface area (Å²) < 4.78 is 12.8. The van der Waals surface area contributed by atoms with E-state index in [0.717, 1.165) is 6.07 Å². The second-order valence-corrected chi connectivity index (χ2v) is 2.55. The number of aliphatic hydroxyl groups is 1. The summed E-state index contributed by atoms with van der Waals surface area (Å²) >= 11 is 0. The first kappa shape index (κ1) is 8.13. The molecule has 1 heterocycles. The maximum absolute atomic E-state index is 12.8. The first-order valence-electron chi connectivity index (χ1n) is 3.45. The van der Waals surface area contributed by atoms with Crippen LogP contribution in [0.3, 0.4) is 0 Å². The Hall–Kier alpha value is -1.48. The van der Waals surface area contributed by atoms with Crippen LogP contribution in [-0.2, 0) is 15.7 Å². The summed E-state index contributed by atoms with van der Waals surface area (Å²) in [6.07, 6.45) is 0. The van der Waals surface area contributed by atoms with E-state index in [9.17, 15) is 9.50 Å². The van der Waals surface area contributed by atoms with E-state index in [0.29, 0.717) is 0 Å². The van der Waals surface area contributed by atoms with Crippen LogP contribution < -0.4 is 0 Å². The molecule has 0 aromatic heterocycles. The van der Waals surface area contributed by atoms with Gasteiger partial charge in [0.1, 0.15) is 11.9 Å². The Balaban J connectivity index is 2.46. The van der Waals surface area contributed by atoms with Gasteiger partial charge in [-0.25, -0.2) is 4.39 Å². The second-order valence-electron chi connectivity index (χ2n) is 2.55. The lowest BCUT2D eigenvalue weighted by molar-refractivity contribution is 0.0263. The van der Waals surface area contributed by atoms with Gasteiger partial charge in [0.25, 0.3) is 0 Å². The van der Waals surface area contributed by atoms with E-state index in [1.165, 1.54) is 12.1 Å². The SMILES string of the molecule is N#Cc1cc(C2(O)OO2)ccc1F. The minimum atomic E-state index is -1.79. The quantitative estimate of drug-likeness (QED) is 0.513. The average Bonchev–Trinajstić information content (AvgIpc) is 2.86. The van der Waals surface area contributed by atoms with Gasteiger partial charge in [0.05, 0.1) is 5.56 Å². The fourth-order valence-corrected chi connectivity index (χ4v) is 0.943. The number of hydrogen-bond acceptors (Lipinski definition) is 4. The van der Waals surface area contributed by atoms with Crippen LogP contribution in [0, 0.1) is 17.1 Å². The molecule has 66 valence electrons. The Kier molecular flexibility index (Phi) is 1.57. The molecule has 1 aromatic rings. The minimum Gasteiger partial charge on any atom is -0.336 e. The molecule has 4 nitrogen and oxygen atoms in total. The largest absolute Gasteiger partial charge is 0.365 e. The Bertz CT molecular complexity index is 395. The molecule has 0 atom stereocenters. The lowest BCUT2D eigenvalue weighted by atomic mass is 10.1. The summed E-state index contributed by atoms with van der Waals surface area (Å²) in [6.45, 7) is 0. The Morgan fingerprint density at radius 3 is 2.69 bits per heavy atom. The maximum Gasteiger partial charge on any atom is 0.365 e. The van der Waals surface area contributed by atoms with E-state index in [4.69, 9.17) is 5.26 Å². The zero-order valence-corrected chi connectivity index (χ0v) is 6.32. The molecule has 0 bridgehead atoms. The molecule has 2 rings (SSSR count). The highest BCUT2D eigenvalue weighted by atomic mass is 19.1. The molecule has 5 heteroatoms. The van der Waals surface area contributed by atoms with Crippen LogP contribution >= 0.6 is 0 Å². The van der Waals surface area contributed by atoms with Crippen molar-refractivity contribution in [3.63, 3.8) is 0 Å². The molecule has 1 aliphatic heterocycles. The first-order valence-corrected chi connectivity index (χ1v) is 3.45. The third kappa shape index (κ3) is 1.27. The first-order chi connectivity index (χ1) is 6.15. The topological polar surface area (TPSA) is 69.1 Å². The van der Waals surface area contributed by atoms with E-state index in [-0.39, 0.29) is 11.1 Å². The number of benzene rings is 1. The predicted octanol–water partition coefficient (Wildman–Crippen LogP) is 0.762. The molecule has 0 aliphatic carbocycles. The van der Waals surface area contributed by atoms with E-state index in [2.05, 4.69) is 9.78 Å². The zero-order chi connectivity index (χ0) is 9.47. The van der Waals surface area contributed by atoms with E-state index in [1.54, 1.807) is 6.07 Å². The van der Waals surface area contributed by atoms with Gasteiger partial charge in [-0.2, -0.15) is 15.0 Å². The molecular weight excluding hydrogens is 177 g/mol. The molecule has 1 saturated heterocycles. The highest BCUT2D eigenvalue weighted by Crippen LogP contribution is 2.37. The van der Waals surface area contributed by atoms with Crippen LogP contribution in [-0.4, -0.2) is 5.11 Å². The van der Waals surface area contributed by atoms with E-state index in [1.807, 2.05) is 0 Å². The number of hydrogen-bond donors (Lipinski definition) is 1. The zero-order valence-electron chi connectivity index (χ0n) is 6.32. The fourth-order valence-electron chi connectivity index (χ4n) is 0.943. The molecule has 1 N–H and O–H groups in total. The van der Waals surface area contributed by atoms with Gasteiger partial charge in [-0.1, -0.05) is 0 Å². The summed E-state index contributed by atoms with van der Waals surface area (Å²) in [4.78, 5) is 8.49. The van der Waals surface area contributed by atoms with Crippen molar-refractivity contribution < 1.29 is 19.3 Å². The predicted molar refractivity (Wildman–Crippen MR) is 37.2 cm³/mol. The molecule has 0 amide bonds. The summed E-state index contributed by atoms with van der Waals surface area (Å²) in [6, 6.07) is 5.15. The molecule has 0 unspecified atom stereocenters. The van der Waals surface area contributed by atoms with Gasteiger partial charge in [0, 0.05) is 5.56 Å². The third-order valence-electron chi connectivity index (χ3n) is 1.69. The Morgan fingerprint density at radius 2 is 2.15 bits per heavy atom. The van der Waals surface area contributed by atoms with Gasteiger partial charge in [-0.3, -0.25) is 0 Å². The molecule has 1 fully saturated rings. The molecular formula is C8H4FNO3. The van der Waals surface area contributed by atoms with Gasteiger partial charge in [0.2, 0.25) is 0 Å². The van der Waals surface area contributed by atoms with Crippen molar-refractivity contribution in [1.82, 2.24) is 0 Å². The van der Waals surface area contributed by atoms with Crippen LogP contribution in [0.5, 0.6) is 0 Å². The van der Waals surface area contributed by atoms with Crippen molar-refractivity contribution >= 4 is 0 Å². The summed E-state index contributed by atoms with van der Waals surface area (Å²) in [5.41, 5.74) is 0.0375. The lowest BCUT2D eigenvalue weighted by Gasteiger charge is -2.00. The molecule has 1 aliphatic rings. The van der Waals surface area contributed by atoms with Crippen molar-refractivity contribution in [3.05, 3.63) is 35.1 Å². The minimum absolute atomic E-state index is 0.162. The fraction of sp³-hybridized carbons (Fsp3) is 0.125. The number of rotatable bonds is 1. The average molecular weight is 181 g/mol. The standard InChI is InChI=1S/C8H4FNO3/c9-7-2-1-6(3-5(7)4-10)8(11)12-13-8/h1-3,11H. The molecule has 1 aromatic carbocycles. The van der Waals surface area contributed by atoms with Gasteiger partial charge in [-0.15, -0.1) is 0 Å². The van der Waals surface area contributed by atoms with E-state index < -0.39 is 11.8 Å². The molecule has 13 heavy (non-hydrogen) atoms. The normalized spacial score (nSPS) is 17.9. The summed E-state index contributed by atoms with van der Waals surface area (Å²) in [7, 11) is 0. The van der Waals surface area contributed by atoms with Gasteiger partial charge >= 0.3 is 5.97 Å². The Morgan fingerprint density at radius 1 is 1.46 bits per heavy atom. The molecule has 0 spiro atoms. The van der Waals surface area contributed by atoms with Gasteiger partial charge < -0.3 is 5.11 Å². The monoisotopic (exact) mass is 181 g/mol. The maximum atomic E-state index is 12.8. The Labute approximate surface area is 72.7 Å². The van der Waals surface area contributed by atoms with Crippen molar-refractivity contribution in [2.24, 2.45) is 0 Å². The van der Waals surface area contributed by atoms with Crippen LogP contribution in [0.25, 0.3) is 0 Å². The van der Waals surface area contributed by atoms with Crippen LogP contribution in [0.15, 0.2) is 18.2 Å². The molecule has 0 saturated carbocycles. The van der Waals surface area contributed by atoms with Gasteiger partial charge in [-0.05, 0) is 18.2 Å². The second kappa shape index (κ2) is 2.50. The van der Waals surface area contributed by atoms with E-state index >= 15 is 0 Å². The smallest absolute Gasteiger partial charge is 0.336 e. The third-order valence-corrected chi connectivity index (χ3v) is 1.69. The van der Waals surface area contributed by atoms with Crippen molar-refractivity contribution in [2.75, 3.05) is 0 Å². The van der Waals surface area contributed by atoms with Gasteiger partial charge in [0.15, 0.2) is 0 Å². The number of nitriles is 1. The summed E-state index contributed by atoms with van der Waals surface area (Å²) in [5.74, 6) is -2.44. The molecule has 0 radical (unpaired) electrons. The number of nitrogens with zero attached hydrogens (tertiary/aromatic N) is 1. The lowest BCUT2D eigenvalue weighted by Crippen LogP contribution is -2.06. The highest BCUT2D eigenvalue weighted by Gasteiger charge is 2.49. The van der Waals surface area contributed by atoms with Crippen LogP contribution in [0.4, 0.5) is 4.39 Å². The van der Waals surface area contributed by atoms with Crippen molar-refractivity contribution in [3.8, 4) is 6.07 Å². The highest BCUT2D eigenvalue weighted by molar-refractivity contribution is 5.35. The number of halogens is 1.